The van der Waals surface area contributed by atoms with Crippen LogP contribution in [-0.4, -0.2) is 48.7 Å². The normalized spacial score (nSPS) is 14.2. The number of urea groups is 1. The van der Waals surface area contributed by atoms with E-state index in [9.17, 15) is 14.4 Å². The number of likely N-dealkylation sites (tertiary alicyclic amines) is 1. The van der Waals surface area contributed by atoms with Gasteiger partial charge in [-0.2, -0.15) is 0 Å². The zero-order chi connectivity index (χ0) is 24.7. The van der Waals surface area contributed by atoms with Crippen LogP contribution in [0, 0.1) is 5.92 Å². The quantitative estimate of drug-likeness (QED) is 0.577. The molecular formula is C25H32N4O5. The van der Waals surface area contributed by atoms with Crippen molar-refractivity contribution in [3.8, 4) is 5.75 Å². The Hall–Kier alpha value is -3.75. The summed E-state index contributed by atoms with van der Waals surface area (Å²) in [6.07, 6.45) is 0.510. The third kappa shape index (κ3) is 7.13. The molecule has 4 amide bonds. The average Bonchev–Trinajstić information content (AvgIpc) is 2.79. The molecule has 0 atom stereocenters. The summed E-state index contributed by atoms with van der Waals surface area (Å²) in [4.78, 5) is 39.2. The van der Waals surface area contributed by atoms with Gasteiger partial charge in [0.15, 0.2) is 0 Å². The molecule has 1 heterocycles. The topological polar surface area (TPSA) is 109 Å². The van der Waals surface area contributed by atoms with E-state index in [1.165, 1.54) is 7.11 Å². The van der Waals surface area contributed by atoms with E-state index in [2.05, 4.69) is 16.0 Å². The predicted octanol–water partition coefficient (Wildman–Crippen LogP) is 4.92. The van der Waals surface area contributed by atoms with Gasteiger partial charge in [-0.1, -0.05) is 18.2 Å². The molecule has 2 aromatic carbocycles. The molecule has 0 aromatic heterocycles. The second-order valence-corrected chi connectivity index (χ2v) is 9.09. The Labute approximate surface area is 199 Å². The summed E-state index contributed by atoms with van der Waals surface area (Å²) < 4.78 is 10.6. The van der Waals surface area contributed by atoms with Crippen LogP contribution in [0.15, 0.2) is 48.5 Å². The summed E-state index contributed by atoms with van der Waals surface area (Å²) in [5.41, 5.74) is 1.02. The van der Waals surface area contributed by atoms with Crippen LogP contribution in [0.3, 0.4) is 0 Å². The fourth-order valence-electron chi connectivity index (χ4n) is 3.61. The molecule has 34 heavy (non-hydrogen) atoms. The molecule has 3 N–H and O–H groups in total. The SMILES string of the molecule is COc1ccc(NC(=O)C2CCN(C(=O)Nc3ccccc3)CC2)cc1NC(=O)OC(C)(C)C. The van der Waals surface area contributed by atoms with Gasteiger partial charge in [-0.3, -0.25) is 10.1 Å². The second-order valence-electron chi connectivity index (χ2n) is 9.09. The molecule has 1 aliphatic heterocycles. The smallest absolute Gasteiger partial charge is 0.412 e. The van der Waals surface area contributed by atoms with Crippen molar-refractivity contribution in [3.05, 3.63) is 48.5 Å². The van der Waals surface area contributed by atoms with Crippen molar-refractivity contribution in [2.24, 2.45) is 5.92 Å². The van der Waals surface area contributed by atoms with E-state index >= 15 is 0 Å². The van der Waals surface area contributed by atoms with E-state index in [-0.39, 0.29) is 17.9 Å². The maximum Gasteiger partial charge on any atom is 0.412 e. The Balaban J connectivity index is 1.55. The van der Waals surface area contributed by atoms with Crippen molar-refractivity contribution in [1.29, 1.82) is 0 Å². The minimum atomic E-state index is -0.643. The van der Waals surface area contributed by atoms with Crippen molar-refractivity contribution in [3.63, 3.8) is 0 Å². The van der Waals surface area contributed by atoms with Crippen LogP contribution in [0.2, 0.25) is 0 Å². The van der Waals surface area contributed by atoms with Gasteiger partial charge in [0.1, 0.15) is 11.4 Å². The zero-order valence-electron chi connectivity index (χ0n) is 20.0. The van der Waals surface area contributed by atoms with Gasteiger partial charge >= 0.3 is 12.1 Å². The van der Waals surface area contributed by atoms with Gasteiger partial charge in [0.2, 0.25) is 5.91 Å². The van der Waals surface area contributed by atoms with E-state index in [0.29, 0.717) is 43.1 Å². The molecule has 2 aromatic rings. The van der Waals surface area contributed by atoms with Crippen molar-refractivity contribution in [2.75, 3.05) is 36.1 Å². The van der Waals surface area contributed by atoms with Gasteiger partial charge in [-0.25, -0.2) is 9.59 Å². The van der Waals surface area contributed by atoms with Gasteiger partial charge in [0.05, 0.1) is 12.8 Å². The van der Waals surface area contributed by atoms with Gasteiger partial charge in [0, 0.05) is 30.4 Å². The van der Waals surface area contributed by atoms with E-state index in [1.54, 1.807) is 43.9 Å². The molecule has 1 aliphatic rings. The van der Waals surface area contributed by atoms with Crippen molar-refractivity contribution in [1.82, 2.24) is 4.90 Å². The number of para-hydroxylation sites is 1. The molecule has 182 valence electrons. The lowest BCUT2D eigenvalue weighted by atomic mass is 9.96. The van der Waals surface area contributed by atoms with Gasteiger partial charge in [0.25, 0.3) is 0 Å². The highest BCUT2D eigenvalue weighted by Crippen LogP contribution is 2.29. The zero-order valence-corrected chi connectivity index (χ0v) is 20.0. The number of benzene rings is 2. The van der Waals surface area contributed by atoms with Crippen LogP contribution < -0.4 is 20.7 Å². The third-order valence-corrected chi connectivity index (χ3v) is 5.28. The van der Waals surface area contributed by atoms with Crippen LogP contribution in [0.1, 0.15) is 33.6 Å². The molecule has 0 radical (unpaired) electrons. The molecule has 9 heteroatoms. The first-order valence-corrected chi connectivity index (χ1v) is 11.2. The number of hydrogen-bond donors (Lipinski definition) is 3. The minimum absolute atomic E-state index is 0.128. The summed E-state index contributed by atoms with van der Waals surface area (Å²) in [7, 11) is 1.50. The molecule has 0 unspecified atom stereocenters. The van der Waals surface area contributed by atoms with Crippen LogP contribution in [0.25, 0.3) is 0 Å². The molecule has 0 aliphatic carbocycles. The number of methoxy groups -OCH3 is 1. The second kappa shape index (κ2) is 10.9. The fraction of sp³-hybridized carbons (Fsp3) is 0.400. The average molecular weight is 469 g/mol. The molecular weight excluding hydrogens is 436 g/mol. The van der Waals surface area contributed by atoms with Gasteiger partial charge in [-0.15, -0.1) is 0 Å². The summed E-state index contributed by atoms with van der Waals surface area (Å²) in [5.74, 6) is 0.100. The Morgan fingerprint density at radius 1 is 0.912 bits per heavy atom. The minimum Gasteiger partial charge on any atom is -0.495 e. The Morgan fingerprint density at radius 3 is 2.21 bits per heavy atom. The van der Waals surface area contributed by atoms with E-state index in [4.69, 9.17) is 9.47 Å². The summed E-state index contributed by atoms with van der Waals surface area (Å²) >= 11 is 0. The van der Waals surface area contributed by atoms with Gasteiger partial charge in [-0.05, 0) is 63.9 Å². The molecule has 9 nitrogen and oxygen atoms in total. The lowest BCUT2D eigenvalue weighted by Gasteiger charge is -2.31. The molecule has 0 spiro atoms. The lowest BCUT2D eigenvalue weighted by Crippen LogP contribution is -2.43. The number of rotatable bonds is 5. The van der Waals surface area contributed by atoms with Crippen LogP contribution in [0.4, 0.5) is 26.7 Å². The maximum absolute atomic E-state index is 12.8. The van der Waals surface area contributed by atoms with Crippen molar-refractivity contribution >= 4 is 35.1 Å². The van der Waals surface area contributed by atoms with Crippen molar-refractivity contribution < 1.29 is 23.9 Å². The first-order valence-electron chi connectivity index (χ1n) is 11.2. The number of piperidine rings is 1. The molecule has 1 saturated heterocycles. The Morgan fingerprint density at radius 2 is 1.59 bits per heavy atom. The van der Waals surface area contributed by atoms with Crippen LogP contribution in [0.5, 0.6) is 5.75 Å². The number of amides is 4. The number of hydrogen-bond acceptors (Lipinski definition) is 5. The molecule has 0 saturated carbocycles. The number of nitrogens with one attached hydrogen (secondary N) is 3. The number of carbonyl (C=O) groups is 3. The predicted molar refractivity (Wildman–Crippen MR) is 131 cm³/mol. The number of carbonyl (C=O) groups excluding carboxylic acids is 3. The first kappa shape index (κ1) is 24.9. The van der Waals surface area contributed by atoms with Gasteiger partial charge < -0.3 is 25.0 Å². The summed E-state index contributed by atoms with van der Waals surface area (Å²) in [6.45, 7) is 6.31. The van der Waals surface area contributed by atoms with Crippen LogP contribution >= 0.6 is 0 Å². The summed E-state index contributed by atoms with van der Waals surface area (Å²) in [5, 5.41) is 8.44. The fourth-order valence-corrected chi connectivity index (χ4v) is 3.61. The molecule has 1 fully saturated rings. The lowest BCUT2D eigenvalue weighted by molar-refractivity contribution is -0.121. The summed E-state index contributed by atoms with van der Waals surface area (Å²) in [6, 6.07) is 14.1. The number of ether oxygens (including phenoxy) is 2. The Bertz CT molecular complexity index is 1010. The maximum atomic E-state index is 12.8. The van der Waals surface area contributed by atoms with E-state index in [1.807, 2.05) is 30.3 Å². The van der Waals surface area contributed by atoms with Crippen LogP contribution in [-0.2, 0) is 9.53 Å². The highest BCUT2D eigenvalue weighted by Gasteiger charge is 2.27. The third-order valence-electron chi connectivity index (χ3n) is 5.28. The van der Waals surface area contributed by atoms with E-state index in [0.717, 1.165) is 5.69 Å². The number of nitrogens with zero attached hydrogens (tertiary/aromatic N) is 1. The van der Waals surface area contributed by atoms with Crippen molar-refractivity contribution in [2.45, 2.75) is 39.2 Å². The van der Waals surface area contributed by atoms with E-state index < -0.39 is 11.7 Å². The standard InChI is InChI=1S/C25H32N4O5/c1-25(2,3)34-24(32)28-20-16-19(10-11-21(20)33-4)26-22(30)17-12-14-29(15-13-17)23(31)27-18-8-6-5-7-9-18/h5-11,16-17H,12-15H2,1-4H3,(H,26,30)(H,27,31)(H,28,32). The molecule has 3 rings (SSSR count). The first-order chi connectivity index (χ1) is 16.1. The molecule has 0 bridgehead atoms. The number of anilines is 3. The highest BCUT2D eigenvalue weighted by atomic mass is 16.6. The largest absolute Gasteiger partial charge is 0.495 e. The monoisotopic (exact) mass is 468 g/mol. The Kier molecular flexibility index (Phi) is 7.99. The highest BCUT2D eigenvalue weighted by molar-refractivity contribution is 5.95.